The molecule has 0 saturated carbocycles. The van der Waals surface area contributed by atoms with E-state index in [1.54, 1.807) is 37.3 Å². The second-order valence-corrected chi connectivity index (χ2v) is 7.65. The molecule has 0 radical (unpaired) electrons. The molecule has 0 unspecified atom stereocenters. The zero-order valence-corrected chi connectivity index (χ0v) is 18.6. The van der Waals surface area contributed by atoms with Crippen LogP contribution < -0.4 is 19.7 Å². The molecule has 4 amide bonds. The van der Waals surface area contributed by atoms with Crippen LogP contribution in [-0.2, 0) is 9.59 Å². The van der Waals surface area contributed by atoms with Gasteiger partial charge in [0.25, 0.3) is 11.8 Å². The van der Waals surface area contributed by atoms with Gasteiger partial charge in [0.2, 0.25) is 0 Å². The maximum Gasteiger partial charge on any atom is 0.335 e. The van der Waals surface area contributed by atoms with Gasteiger partial charge in [-0.15, -0.1) is 0 Å². The second kappa shape index (κ2) is 8.42. The van der Waals surface area contributed by atoms with Crippen LogP contribution in [0, 0.1) is 10.5 Å². The minimum atomic E-state index is -0.829. The van der Waals surface area contributed by atoms with E-state index in [1.807, 2.05) is 0 Å². The Bertz CT molecular complexity index is 1070. The van der Waals surface area contributed by atoms with E-state index in [-0.39, 0.29) is 5.57 Å². The van der Waals surface area contributed by atoms with Crippen molar-refractivity contribution < 1.29 is 23.9 Å². The first-order valence-electron chi connectivity index (χ1n) is 8.36. The van der Waals surface area contributed by atoms with E-state index >= 15 is 0 Å². The smallest absolute Gasteiger partial charge is 0.335 e. The molecule has 0 aliphatic carbocycles. The molecule has 9 heteroatoms. The zero-order valence-electron chi connectivity index (χ0n) is 15.7. The predicted molar refractivity (Wildman–Crippen MR) is 117 cm³/mol. The van der Waals surface area contributed by atoms with E-state index in [0.29, 0.717) is 33.3 Å². The van der Waals surface area contributed by atoms with Gasteiger partial charge in [-0.2, -0.15) is 0 Å². The van der Waals surface area contributed by atoms with Crippen molar-refractivity contribution in [1.29, 1.82) is 0 Å². The molecule has 2 aromatic carbocycles. The molecule has 0 bridgehead atoms. The Labute approximate surface area is 185 Å². The van der Waals surface area contributed by atoms with Crippen molar-refractivity contribution in [2.75, 3.05) is 19.1 Å². The molecule has 7 nitrogen and oxygen atoms in total. The number of urea groups is 1. The summed E-state index contributed by atoms with van der Waals surface area (Å²) in [6.45, 7) is 1.69. The van der Waals surface area contributed by atoms with Gasteiger partial charge in [0.05, 0.1) is 23.5 Å². The average molecular weight is 527 g/mol. The Morgan fingerprint density at radius 1 is 1.14 bits per heavy atom. The number of hydrogen-bond donors (Lipinski definition) is 1. The van der Waals surface area contributed by atoms with Crippen LogP contribution in [0.2, 0.25) is 5.02 Å². The van der Waals surface area contributed by atoms with Crippen molar-refractivity contribution in [3.8, 4) is 11.5 Å². The summed E-state index contributed by atoms with van der Waals surface area (Å²) in [5, 5.41) is 2.60. The van der Waals surface area contributed by atoms with Gasteiger partial charge in [-0.05, 0) is 71.0 Å². The molecule has 3 rings (SSSR count). The molecule has 1 saturated heterocycles. The molecular formula is C20H16ClIN2O5. The standard InChI is InChI=1S/C20H16ClIN2O5/c1-10-13(21)5-4-6-15(10)24-19(26)12(18(25)23-20(24)27)7-11-8-14(22)17(29-3)16(9-11)28-2/h4-9H,1-3H3,(H,23,25,27)/b12-7+. The number of anilines is 1. The summed E-state index contributed by atoms with van der Waals surface area (Å²) >= 11 is 8.19. The van der Waals surface area contributed by atoms with Gasteiger partial charge in [0, 0.05) is 5.02 Å². The topological polar surface area (TPSA) is 84.9 Å². The lowest BCUT2D eigenvalue weighted by molar-refractivity contribution is -0.122. The van der Waals surface area contributed by atoms with Gasteiger partial charge in [-0.1, -0.05) is 17.7 Å². The Balaban J connectivity index is 2.09. The minimum Gasteiger partial charge on any atom is -0.493 e. The van der Waals surface area contributed by atoms with Crippen molar-refractivity contribution in [3.63, 3.8) is 0 Å². The summed E-state index contributed by atoms with van der Waals surface area (Å²) in [6, 6.07) is 7.42. The molecule has 1 aliphatic rings. The maximum absolute atomic E-state index is 13.1. The fraction of sp³-hybridized carbons (Fsp3) is 0.150. The van der Waals surface area contributed by atoms with Gasteiger partial charge < -0.3 is 9.47 Å². The molecule has 150 valence electrons. The molecule has 0 atom stereocenters. The third-order valence-electron chi connectivity index (χ3n) is 4.35. The number of ether oxygens (including phenoxy) is 2. The molecule has 1 aliphatic heterocycles. The number of imide groups is 2. The number of nitrogens with one attached hydrogen (secondary N) is 1. The first kappa shape index (κ1) is 21.1. The van der Waals surface area contributed by atoms with E-state index in [4.69, 9.17) is 21.1 Å². The van der Waals surface area contributed by atoms with E-state index in [9.17, 15) is 14.4 Å². The number of methoxy groups -OCH3 is 2. The Morgan fingerprint density at radius 3 is 2.52 bits per heavy atom. The minimum absolute atomic E-state index is 0.188. The maximum atomic E-state index is 13.1. The Morgan fingerprint density at radius 2 is 1.86 bits per heavy atom. The number of hydrogen-bond acceptors (Lipinski definition) is 5. The Hall–Kier alpha value is -2.59. The summed E-state index contributed by atoms with van der Waals surface area (Å²) < 4.78 is 11.4. The number of barbiturate groups is 1. The summed E-state index contributed by atoms with van der Waals surface area (Å²) in [4.78, 5) is 38.7. The van der Waals surface area contributed by atoms with Gasteiger partial charge in [-0.25, -0.2) is 9.69 Å². The van der Waals surface area contributed by atoms with Gasteiger partial charge >= 0.3 is 6.03 Å². The molecule has 0 aromatic heterocycles. The normalized spacial score (nSPS) is 15.6. The number of nitrogens with zero attached hydrogens (tertiary/aromatic N) is 1. The number of benzene rings is 2. The van der Waals surface area contributed by atoms with E-state index in [2.05, 4.69) is 27.9 Å². The third-order valence-corrected chi connectivity index (χ3v) is 5.56. The van der Waals surface area contributed by atoms with Crippen LogP contribution in [0.4, 0.5) is 10.5 Å². The van der Waals surface area contributed by atoms with Gasteiger partial charge in [0.15, 0.2) is 11.5 Å². The predicted octanol–water partition coefficient (Wildman–Crippen LogP) is 3.94. The highest BCUT2D eigenvalue weighted by molar-refractivity contribution is 14.1. The van der Waals surface area contributed by atoms with E-state index in [1.165, 1.54) is 20.3 Å². The van der Waals surface area contributed by atoms with Crippen molar-refractivity contribution in [2.45, 2.75) is 6.92 Å². The number of rotatable bonds is 4. The number of amides is 4. The fourth-order valence-corrected chi connectivity index (χ4v) is 3.92. The number of carbonyl (C=O) groups is 3. The molecule has 2 aromatic rings. The quantitative estimate of drug-likeness (QED) is 0.371. The van der Waals surface area contributed by atoms with Gasteiger partial charge in [0.1, 0.15) is 5.57 Å². The highest BCUT2D eigenvalue weighted by atomic mass is 127. The summed E-state index contributed by atoms with van der Waals surface area (Å²) in [5.41, 5.74) is 1.21. The van der Waals surface area contributed by atoms with Crippen LogP contribution in [0.3, 0.4) is 0 Å². The lowest BCUT2D eigenvalue weighted by Crippen LogP contribution is -2.54. The van der Waals surface area contributed by atoms with Crippen LogP contribution in [0.25, 0.3) is 6.08 Å². The first-order chi connectivity index (χ1) is 13.8. The van der Waals surface area contributed by atoms with Crippen molar-refractivity contribution in [3.05, 3.63) is 55.6 Å². The summed E-state index contributed by atoms with van der Waals surface area (Å²) in [7, 11) is 3.01. The highest BCUT2D eigenvalue weighted by Gasteiger charge is 2.37. The second-order valence-electron chi connectivity index (χ2n) is 6.08. The lowest BCUT2D eigenvalue weighted by atomic mass is 10.1. The molecular weight excluding hydrogens is 511 g/mol. The van der Waals surface area contributed by atoms with E-state index in [0.717, 1.165) is 8.47 Å². The van der Waals surface area contributed by atoms with Crippen molar-refractivity contribution in [2.24, 2.45) is 0 Å². The van der Waals surface area contributed by atoms with Crippen LogP contribution in [-0.4, -0.2) is 32.1 Å². The van der Waals surface area contributed by atoms with Crippen molar-refractivity contribution in [1.82, 2.24) is 5.32 Å². The average Bonchev–Trinajstić information content (AvgIpc) is 2.67. The van der Waals surface area contributed by atoms with Crippen LogP contribution in [0.5, 0.6) is 11.5 Å². The first-order valence-corrected chi connectivity index (χ1v) is 9.82. The SMILES string of the molecule is COc1cc(/C=C2\C(=O)NC(=O)N(c3cccc(Cl)c3C)C2=O)cc(I)c1OC. The van der Waals surface area contributed by atoms with Crippen LogP contribution in [0.1, 0.15) is 11.1 Å². The summed E-state index contributed by atoms with van der Waals surface area (Å²) in [5.74, 6) is -0.524. The highest BCUT2D eigenvalue weighted by Crippen LogP contribution is 2.35. The van der Waals surface area contributed by atoms with E-state index < -0.39 is 17.8 Å². The van der Waals surface area contributed by atoms with Gasteiger partial charge in [-0.3, -0.25) is 14.9 Å². The Kier molecular flexibility index (Phi) is 6.13. The third kappa shape index (κ3) is 3.95. The number of halogens is 2. The largest absolute Gasteiger partial charge is 0.493 e. The van der Waals surface area contributed by atoms with Crippen LogP contribution in [0.15, 0.2) is 35.9 Å². The molecule has 29 heavy (non-hydrogen) atoms. The molecule has 1 heterocycles. The zero-order chi connectivity index (χ0) is 21.3. The molecule has 1 fully saturated rings. The molecule has 1 N–H and O–H groups in total. The fourth-order valence-electron chi connectivity index (χ4n) is 2.90. The number of carbonyl (C=O) groups excluding carboxylic acids is 3. The van der Waals surface area contributed by atoms with Crippen molar-refractivity contribution >= 4 is 63.8 Å². The van der Waals surface area contributed by atoms with Crippen LogP contribution >= 0.6 is 34.2 Å². The summed E-state index contributed by atoms with van der Waals surface area (Å²) in [6.07, 6.45) is 1.40. The molecule has 0 spiro atoms. The monoisotopic (exact) mass is 526 g/mol. The lowest BCUT2D eigenvalue weighted by Gasteiger charge is -2.27.